The molecular formula is C60H60. The van der Waals surface area contributed by atoms with Crippen LogP contribution in [0.3, 0.4) is 0 Å². The maximum absolute atomic E-state index is 2.58. The highest BCUT2D eigenvalue weighted by Gasteiger charge is 2.26. The number of fused-ring (bicyclic) bond motifs is 9. The lowest BCUT2D eigenvalue weighted by atomic mass is 9.80. The van der Waals surface area contributed by atoms with Crippen molar-refractivity contribution in [3.8, 4) is 22.3 Å². The molecule has 0 bridgehead atoms. The minimum atomic E-state index is 0.398. The van der Waals surface area contributed by atoms with Crippen LogP contribution in [0.25, 0.3) is 97.7 Å². The van der Waals surface area contributed by atoms with E-state index in [4.69, 9.17) is 0 Å². The molecule has 0 aromatic heterocycles. The zero-order valence-corrected chi connectivity index (χ0v) is 37.9. The molecule has 0 heterocycles. The first-order valence-corrected chi connectivity index (χ1v) is 22.8. The summed E-state index contributed by atoms with van der Waals surface area (Å²) < 4.78 is 0. The molecule has 10 aromatic rings. The Kier molecular flexibility index (Phi) is 9.07. The van der Waals surface area contributed by atoms with Crippen molar-refractivity contribution in [2.24, 2.45) is 0 Å². The molecule has 10 rings (SSSR count). The largest absolute Gasteiger partial charge is 0.0616 e. The van der Waals surface area contributed by atoms with Gasteiger partial charge in [0.2, 0.25) is 0 Å². The summed E-state index contributed by atoms with van der Waals surface area (Å²) in [4.78, 5) is 0. The second-order valence-electron chi connectivity index (χ2n) is 20.0. The molecule has 0 aliphatic carbocycles. The van der Waals surface area contributed by atoms with Gasteiger partial charge in [-0.25, -0.2) is 0 Å². The molecule has 0 aliphatic heterocycles. The van der Waals surface area contributed by atoms with Crippen LogP contribution < -0.4 is 0 Å². The summed E-state index contributed by atoms with van der Waals surface area (Å²) in [5.74, 6) is 2.54. The van der Waals surface area contributed by atoms with Crippen LogP contribution in [0.15, 0.2) is 109 Å². The average molecular weight is 781 g/mol. The van der Waals surface area contributed by atoms with Gasteiger partial charge in [-0.3, -0.25) is 0 Å². The van der Waals surface area contributed by atoms with Crippen LogP contribution in [0.5, 0.6) is 0 Å². The first-order valence-electron chi connectivity index (χ1n) is 22.8. The van der Waals surface area contributed by atoms with Gasteiger partial charge in [0.05, 0.1) is 0 Å². The second-order valence-corrected chi connectivity index (χ2v) is 20.0. The Bertz CT molecular complexity index is 3030. The van der Waals surface area contributed by atoms with E-state index in [1.165, 1.54) is 131 Å². The van der Waals surface area contributed by atoms with Crippen molar-refractivity contribution >= 4 is 75.4 Å². The molecular weight excluding hydrogens is 721 g/mol. The highest BCUT2D eigenvalue weighted by molar-refractivity contribution is 6.41. The van der Waals surface area contributed by atoms with Gasteiger partial charge in [-0.15, -0.1) is 0 Å². The average Bonchev–Trinajstić information content (AvgIpc) is 3.72. The van der Waals surface area contributed by atoms with Gasteiger partial charge in [-0.05, 0) is 203 Å². The lowest BCUT2D eigenvalue weighted by Crippen LogP contribution is -2.04. The quantitative estimate of drug-likeness (QED) is 0.135. The zero-order valence-electron chi connectivity index (χ0n) is 37.9. The third kappa shape index (κ3) is 5.70. The lowest BCUT2D eigenvalue weighted by Gasteiger charge is -2.24. The summed E-state index contributed by atoms with van der Waals surface area (Å²) in [6, 6.07) is 43.8. The zero-order chi connectivity index (χ0) is 42.0. The summed E-state index contributed by atoms with van der Waals surface area (Å²) in [5.41, 5.74) is 14.3. The maximum atomic E-state index is 2.58. The Balaban J connectivity index is 1.41. The first-order chi connectivity index (χ1) is 28.7. The molecule has 60 heavy (non-hydrogen) atoms. The predicted octanol–water partition coefficient (Wildman–Crippen LogP) is 18.7. The third-order valence-electron chi connectivity index (χ3n) is 14.1. The Hall–Kier alpha value is -5.46. The van der Waals surface area contributed by atoms with E-state index in [1.54, 1.807) is 0 Å². The molecule has 0 unspecified atom stereocenters. The van der Waals surface area contributed by atoms with Gasteiger partial charge in [-0.1, -0.05) is 156 Å². The van der Waals surface area contributed by atoms with Crippen molar-refractivity contribution in [2.75, 3.05) is 0 Å². The molecule has 0 nitrogen and oxygen atoms in total. The Morgan fingerprint density at radius 3 is 0.750 bits per heavy atom. The molecule has 0 saturated heterocycles. The fourth-order valence-corrected chi connectivity index (χ4v) is 10.9. The van der Waals surface area contributed by atoms with Gasteiger partial charge in [-0.2, -0.15) is 0 Å². The summed E-state index contributed by atoms with van der Waals surface area (Å²) in [6.45, 7) is 28.4. The number of hydrogen-bond acceptors (Lipinski definition) is 0. The van der Waals surface area contributed by atoms with E-state index in [0.717, 1.165) is 0 Å². The summed E-state index contributed by atoms with van der Waals surface area (Å²) in [5, 5.41) is 19.1. The molecule has 0 amide bonds. The maximum Gasteiger partial charge on any atom is -0.00195 e. The monoisotopic (exact) mass is 780 g/mol. The lowest BCUT2D eigenvalue weighted by molar-refractivity contribution is 0.807. The van der Waals surface area contributed by atoms with Crippen molar-refractivity contribution in [1.82, 2.24) is 0 Å². The van der Waals surface area contributed by atoms with E-state index in [9.17, 15) is 0 Å². The van der Waals surface area contributed by atoms with E-state index in [0.29, 0.717) is 35.5 Å². The topological polar surface area (TPSA) is 0 Å². The molecule has 0 N–H and O–H groups in total. The van der Waals surface area contributed by atoms with Crippen LogP contribution in [-0.2, 0) is 0 Å². The molecule has 0 atom stereocenters. The fraction of sp³-hybridized carbons (Fsp3) is 0.300. The normalized spacial score (nSPS) is 12.9. The van der Waals surface area contributed by atoms with Crippen molar-refractivity contribution in [1.29, 1.82) is 0 Å². The molecule has 0 radical (unpaired) electrons. The standard InChI is InChI=1S/C60H60/c1-31(2)37-21-45(33(5)6)57(46(22-37)34(7)8)39-25-51-41-17-13-15-19-43(41)55-30-50-49(53(27-39)59(51)55)29-56-44-20-16-14-18-42(44)52-26-40(28-54(50)60(52)56)58-47(35(9)10)23-38(32(3)4)24-48(58)36(11)12/h13-36H,1-12H3. The summed E-state index contributed by atoms with van der Waals surface area (Å²) >= 11 is 0. The van der Waals surface area contributed by atoms with Crippen LogP contribution in [0.4, 0.5) is 0 Å². The smallest absolute Gasteiger partial charge is 0.00195 e. The molecule has 0 spiro atoms. The van der Waals surface area contributed by atoms with E-state index < -0.39 is 0 Å². The van der Waals surface area contributed by atoms with E-state index in [1.807, 2.05) is 0 Å². The van der Waals surface area contributed by atoms with Gasteiger partial charge in [0.25, 0.3) is 0 Å². The summed E-state index contributed by atoms with van der Waals surface area (Å²) in [6.07, 6.45) is 0. The van der Waals surface area contributed by atoms with E-state index in [-0.39, 0.29) is 0 Å². The number of hydrogen-bond donors (Lipinski definition) is 0. The third-order valence-corrected chi connectivity index (χ3v) is 14.1. The number of benzene rings is 8. The van der Waals surface area contributed by atoms with Crippen molar-refractivity contribution < 1.29 is 0 Å². The van der Waals surface area contributed by atoms with Gasteiger partial charge in [0.15, 0.2) is 0 Å². The minimum absolute atomic E-state index is 0.398. The van der Waals surface area contributed by atoms with Crippen LogP contribution in [0.2, 0.25) is 0 Å². The van der Waals surface area contributed by atoms with Crippen LogP contribution in [-0.4, -0.2) is 0 Å². The van der Waals surface area contributed by atoms with Gasteiger partial charge in [0, 0.05) is 0 Å². The van der Waals surface area contributed by atoms with Crippen molar-refractivity contribution in [3.05, 3.63) is 143 Å². The predicted molar refractivity (Wildman–Crippen MR) is 267 cm³/mol. The molecule has 0 heteroatoms. The van der Waals surface area contributed by atoms with Crippen LogP contribution >= 0.6 is 0 Å². The molecule has 0 aliphatic rings. The van der Waals surface area contributed by atoms with Gasteiger partial charge in [0.1, 0.15) is 0 Å². The molecule has 0 saturated carbocycles. The highest BCUT2D eigenvalue weighted by atomic mass is 14.3. The molecule has 300 valence electrons. The van der Waals surface area contributed by atoms with E-state index in [2.05, 4.69) is 192 Å². The number of rotatable bonds is 8. The Labute approximate surface area is 357 Å². The van der Waals surface area contributed by atoms with Crippen molar-refractivity contribution in [2.45, 2.75) is 119 Å². The van der Waals surface area contributed by atoms with Crippen molar-refractivity contribution in [3.63, 3.8) is 0 Å². The SMILES string of the molecule is CC(C)c1cc(C(C)C)c(-c2cc3c4ccccc4c4cc5c(cc6c7ccccc7c7cc(-c8c(C(C)C)cc(C(C)C)cc8C(C)C)cc5c76)c(c2)c34)c(C(C)C)c1. The summed E-state index contributed by atoms with van der Waals surface area (Å²) in [7, 11) is 0. The highest BCUT2D eigenvalue weighted by Crippen LogP contribution is 2.51. The minimum Gasteiger partial charge on any atom is -0.0616 e. The van der Waals surface area contributed by atoms with Gasteiger partial charge >= 0.3 is 0 Å². The Morgan fingerprint density at radius 1 is 0.250 bits per heavy atom. The van der Waals surface area contributed by atoms with Crippen LogP contribution in [0, 0.1) is 0 Å². The fourth-order valence-electron chi connectivity index (χ4n) is 10.9. The Morgan fingerprint density at radius 2 is 0.500 bits per heavy atom. The molecule has 0 fully saturated rings. The van der Waals surface area contributed by atoms with E-state index >= 15 is 0 Å². The van der Waals surface area contributed by atoms with Gasteiger partial charge < -0.3 is 0 Å². The first kappa shape index (κ1) is 38.7. The van der Waals surface area contributed by atoms with Crippen LogP contribution in [0.1, 0.15) is 152 Å². The molecule has 10 aromatic carbocycles. The second kappa shape index (κ2) is 14.1.